The number of halogens is 3. The Kier molecular flexibility index (Phi) is 3.68. The topological polar surface area (TPSA) is 59.1 Å². The van der Waals surface area contributed by atoms with Crippen molar-refractivity contribution < 1.29 is 17.2 Å². The molecule has 0 amide bonds. The summed E-state index contributed by atoms with van der Waals surface area (Å²) in [6.45, 7) is 0. The van der Waals surface area contributed by atoms with Crippen molar-refractivity contribution in [2.45, 2.75) is 4.90 Å². The minimum atomic E-state index is -4.01. The maximum atomic E-state index is 13.0. The molecule has 4 nitrogen and oxygen atoms in total. The van der Waals surface area contributed by atoms with Gasteiger partial charge in [0.05, 0.1) is 5.69 Å². The van der Waals surface area contributed by atoms with E-state index in [2.05, 4.69) is 9.71 Å². The van der Waals surface area contributed by atoms with Crippen LogP contribution in [-0.2, 0) is 10.0 Å². The average Bonchev–Trinajstić information content (AvgIpc) is 2.34. The highest BCUT2D eigenvalue weighted by atomic mass is 35.5. The van der Waals surface area contributed by atoms with Gasteiger partial charge in [0.2, 0.25) is 0 Å². The van der Waals surface area contributed by atoms with Gasteiger partial charge < -0.3 is 0 Å². The van der Waals surface area contributed by atoms with E-state index in [1.54, 1.807) is 0 Å². The molecule has 0 bridgehead atoms. The lowest BCUT2D eigenvalue weighted by atomic mass is 10.3. The second kappa shape index (κ2) is 5.10. The van der Waals surface area contributed by atoms with Crippen LogP contribution >= 0.6 is 11.6 Å². The number of pyridine rings is 1. The van der Waals surface area contributed by atoms with E-state index in [0.29, 0.717) is 0 Å². The molecule has 1 N–H and O–H groups in total. The van der Waals surface area contributed by atoms with Gasteiger partial charge in [0.15, 0.2) is 11.6 Å². The van der Waals surface area contributed by atoms with Crippen molar-refractivity contribution in [2.75, 3.05) is 4.72 Å². The molecule has 0 saturated heterocycles. The summed E-state index contributed by atoms with van der Waals surface area (Å²) in [4.78, 5) is 3.38. The zero-order chi connectivity index (χ0) is 14.0. The van der Waals surface area contributed by atoms with E-state index < -0.39 is 21.7 Å². The van der Waals surface area contributed by atoms with Gasteiger partial charge in [-0.1, -0.05) is 11.6 Å². The van der Waals surface area contributed by atoms with Crippen LogP contribution in [0.1, 0.15) is 0 Å². The van der Waals surface area contributed by atoms with Gasteiger partial charge in [-0.2, -0.15) is 0 Å². The van der Waals surface area contributed by atoms with E-state index in [4.69, 9.17) is 11.6 Å². The van der Waals surface area contributed by atoms with Crippen LogP contribution in [0.2, 0.25) is 5.15 Å². The van der Waals surface area contributed by atoms with Gasteiger partial charge in [0.1, 0.15) is 10.0 Å². The van der Waals surface area contributed by atoms with Crippen molar-refractivity contribution in [3.8, 4) is 0 Å². The van der Waals surface area contributed by atoms with E-state index in [-0.39, 0.29) is 15.7 Å². The molecule has 100 valence electrons. The summed E-state index contributed by atoms with van der Waals surface area (Å²) < 4.78 is 51.7. The molecule has 0 aliphatic carbocycles. The van der Waals surface area contributed by atoms with Gasteiger partial charge in [0, 0.05) is 12.3 Å². The second-order valence-corrected chi connectivity index (χ2v) is 5.54. The second-order valence-electron chi connectivity index (χ2n) is 3.53. The van der Waals surface area contributed by atoms with Crippen LogP contribution in [0.4, 0.5) is 14.5 Å². The summed E-state index contributed by atoms with van der Waals surface area (Å²) in [6.07, 6.45) is 1.33. The fraction of sp³-hybridized carbons (Fsp3) is 0. The molecule has 0 aliphatic heterocycles. The van der Waals surface area contributed by atoms with Crippen LogP contribution in [0.3, 0.4) is 0 Å². The van der Waals surface area contributed by atoms with E-state index in [9.17, 15) is 17.2 Å². The summed E-state index contributed by atoms with van der Waals surface area (Å²) in [6, 6.07) is 5.29. The first kappa shape index (κ1) is 13.7. The Morgan fingerprint density at radius 1 is 1.16 bits per heavy atom. The molecule has 0 saturated carbocycles. The van der Waals surface area contributed by atoms with Crippen LogP contribution in [0.5, 0.6) is 0 Å². The monoisotopic (exact) mass is 304 g/mol. The molecule has 0 atom stereocenters. The molecule has 0 unspecified atom stereocenters. The Labute approximate surface area is 113 Å². The summed E-state index contributed by atoms with van der Waals surface area (Å²) in [5.74, 6) is -2.22. The third-order valence-corrected chi connectivity index (χ3v) is 4.01. The van der Waals surface area contributed by atoms with E-state index >= 15 is 0 Å². The van der Waals surface area contributed by atoms with E-state index in [1.165, 1.54) is 18.3 Å². The standard InChI is InChI=1S/C11H7ClF2N2O2S/c12-11-10(2-1-5-15-11)19(17,18)16-7-3-4-8(13)9(14)6-7/h1-6,16H. The lowest BCUT2D eigenvalue weighted by molar-refractivity contribution is 0.509. The fourth-order valence-electron chi connectivity index (χ4n) is 1.34. The van der Waals surface area contributed by atoms with Crippen molar-refractivity contribution >= 4 is 27.3 Å². The number of hydrogen-bond acceptors (Lipinski definition) is 3. The maximum Gasteiger partial charge on any atom is 0.264 e. The van der Waals surface area contributed by atoms with E-state index in [1.807, 2.05) is 0 Å². The Morgan fingerprint density at radius 3 is 2.53 bits per heavy atom. The molecule has 2 aromatic rings. The van der Waals surface area contributed by atoms with Gasteiger partial charge in [-0.25, -0.2) is 22.2 Å². The molecule has 8 heteroatoms. The highest BCUT2D eigenvalue weighted by Gasteiger charge is 2.19. The van der Waals surface area contributed by atoms with Gasteiger partial charge in [-0.15, -0.1) is 0 Å². The summed E-state index contributed by atoms with van der Waals surface area (Å²) in [7, 11) is -4.01. The van der Waals surface area contributed by atoms with Crippen LogP contribution in [0.15, 0.2) is 41.4 Å². The van der Waals surface area contributed by atoms with Crippen LogP contribution in [0.25, 0.3) is 0 Å². The van der Waals surface area contributed by atoms with Crippen molar-refractivity contribution in [3.05, 3.63) is 53.3 Å². The molecule has 1 heterocycles. The molecule has 0 radical (unpaired) electrons. The van der Waals surface area contributed by atoms with Crippen molar-refractivity contribution in [2.24, 2.45) is 0 Å². The molecule has 0 aliphatic rings. The number of nitrogens with zero attached hydrogens (tertiary/aromatic N) is 1. The average molecular weight is 305 g/mol. The highest BCUT2D eigenvalue weighted by Crippen LogP contribution is 2.22. The largest absolute Gasteiger partial charge is 0.279 e. The summed E-state index contributed by atoms with van der Waals surface area (Å²) in [5, 5.41) is -0.211. The first-order chi connectivity index (χ1) is 8.90. The number of hydrogen-bond donors (Lipinski definition) is 1. The molecule has 1 aromatic heterocycles. The van der Waals surface area contributed by atoms with Crippen LogP contribution in [0, 0.1) is 11.6 Å². The number of nitrogens with one attached hydrogen (secondary N) is 1. The van der Waals surface area contributed by atoms with Crippen LogP contribution in [-0.4, -0.2) is 13.4 Å². The number of sulfonamides is 1. The first-order valence-electron chi connectivity index (χ1n) is 4.98. The normalized spacial score (nSPS) is 11.3. The Bertz CT molecular complexity index is 722. The van der Waals surface area contributed by atoms with Crippen molar-refractivity contribution in [1.29, 1.82) is 0 Å². The van der Waals surface area contributed by atoms with Crippen molar-refractivity contribution in [3.63, 3.8) is 0 Å². The van der Waals surface area contributed by atoms with Crippen molar-refractivity contribution in [1.82, 2.24) is 4.98 Å². The quantitative estimate of drug-likeness (QED) is 0.887. The molecular formula is C11H7ClF2N2O2S. The van der Waals surface area contributed by atoms with Gasteiger partial charge in [0.25, 0.3) is 10.0 Å². The minimum absolute atomic E-state index is 0.112. The summed E-state index contributed by atoms with van der Waals surface area (Å²) in [5.41, 5.74) is -0.112. The molecule has 2 rings (SSSR count). The molecule has 1 aromatic carbocycles. The van der Waals surface area contributed by atoms with E-state index in [0.717, 1.165) is 18.2 Å². The summed E-state index contributed by atoms with van der Waals surface area (Å²) >= 11 is 5.67. The third-order valence-electron chi connectivity index (χ3n) is 2.19. The van der Waals surface area contributed by atoms with Gasteiger partial charge >= 0.3 is 0 Å². The first-order valence-corrected chi connectivity index (χ1v) is 6.84. The lowest BCUT2D eigenvalue weighted by Crippen LogP contribution is -2.14. The minimum Gasteiger partial charge on any atom is -0.279 e. The predicted octanol–water partition coefficient (Wildman–Crippen LogP) is 2.81. The number of anilines is 1. The molecule has 19 heavy (non-hydrogen) atoms. The third kappa shape index (κ3) is 2.99. The molecular weight excluding hydrogens is 298 g/mol. The number of rotatable bonds is 3. The number of aromatic nitrogens is 1. The predicted molar refractivity (Wildman–Crippen MR) is 66.4 cm³/mol. The number of benzene rings is 1. The lowest BCUT2D eigenvalue weighted by Gasteiger charge is -2.08. The fourth-order valence-corrected chi connectivity index (χ4v) is 2.84. The Balaban J connectivity index is 2.37. The Morgan fingerprint density at radius 2 is 1.89 bits per heavy atom. The zero-order valence-electron chi connectivity index (χ0n) is 9.27. The zero-order valence-corrected chi connectivity index (χ0v) is 10.8. The highest BCUT2D eigenvalue weighted by molar-refractivity contribution is 7.92. The maximum absolute atomic E-state index is 13.0. The Hall–Kier alpha value is -1.73. The molecule has 0 fully saturated rings. The van der Waals surface area contributed by atoms with Crippen LogP contribution < -0.4 is 4.72 Å². The molecule has 0 spiro atoms. The smallest absolute Gasteiger partial charge is 0.264 e. The van der Waals surface area contributed by atoms with Gasteiger partial charge in [-0.05, 0) is 24.3 Å². The van der Waals surface area contributed by atoms with Gasteiger partial charge in [-0.3, -0.25) is 4.72 Å². The SMILES string of the molecule is O=S(=O)(Nc1ccc(F)c(F)c1)c1cccnc1Cl.